The Labute approximate surface area is 209 Å². The van der Waals surface area contributed by atoms with Gasteiger partial charge in [-0.25, -0.2) is 0 Å². The molecule has 10 heteroatoms. The molecule has 0 aliphatic heterocycles. The molecule has 0 saturated heterocycles. The van der Waals surface area contributed by atoms with Crippen molar-refractivity contribution in [2.24, 2.45) is 0 Å². The van der Waals surface area contributed by atoms with Crippen molar-refractivity contribution in [3.05, 3.63) is 59.7 Å². The number of rotatable bonds is 13. The molecule has 2 amide bonds. The van der Waals surface area contributed by atoms with E-state index in [2.05, 4.69) is 10.9 Å². The predicted octanol–water partition coefficient (Wildman–Crippen LogP) is 4.23. The van der Waals surface area contributed by atoms with E-state index in [0.29, 0.717) is 0 Å². The highest BCUT2D eigenvalue weighted by Gasteiger charge is 2.13. The molecule has 0 spiro atoms. The van der Waals surface area contributed by atoms with Gasteiger partial charge < -0.3 is 20.4 Å². The van der Waals surface area contributed by atoms with Crippen molar-refractivity contribution in [1.29, 1.82) is 0 Å². The Hall–Kier alpha value is -4.08. The maximum Gasteiger partial charge on any atom is 0.303 e. The van der Waals surface area contributed by atoms with Crippen LogP contribution in [0.1, 0.15) is 84.9 Å². The minimum absolute atomic E-state index is 0.0325. The van der Waals surface area contributed by atoms with Crippen molar-refractivity contribution in [3.8, 4) is 11.5 Å². The molecule has 2 aromatic carbocycles. The summed E-state index contributed by atoms with van der Waals surface area (Å²) in [5.74, 6) is -3.13. The minimum Gasteiger partial charge on any atom is -0.507 e. The standard InChI is InChI=1S/C14H12N2O4.C12H22O4/c17-11-7-3-1-5-9(11)13(19)15-16-14(20)10-6-2-4-8-12(10)18;13-11(14)9-7-5-3-1-2-4-6-8-10-12(15)16/h1-8,17-18H,(H,15,19)(H,16,20);1-10H2,(H,13,14)(H,15,16). The molecular formula is C26H34N2O8. The number of carboxylic acid groups (broad SMARTS) is 2. The third-order valence-corrected chi connectivity index (χ3v) is 5.12. The lowest BCUT2D eigenvalue weighted by Crippen LogP contribution is -2.41. The number of nitrogens with one attached hydrogen (secondary N) is 2. The van der Waals surface area contributed by atoms with Crippen molar-refractivity contribution in [2.75, 3.05) is 0 Å². The van der Waals surface area contributed by atoms with Crippen LogP contribution in [0.2, 0.25) is 0 Å². The molecule has 0 aromatic heterocycles. The first-order valence-electron chi connectivity index (χ1n) is 11.8. The zero-order valence-electron chi connectivity index (χ0n) is 20.1. The Balaban J connectivity index is 0.000000371. The summed E-state index contributed by atoms with van der Waals surface area (Å²) in [5.41, 5.74) is 4.38. The number of para-hydroxylation sites is 2. The molecule has 0 aliphatic rings. The van der Waals surface area contributed by atoms with Crippen LogP contribution in [-0.2, 0) is 9.59 Å². The molecule has 0 aliphatic carbocycles. The summed E-state index contributed by atoms with van der Waals surface area (Å²) in [6.07, 6.45) is 8.51. The number of carbonyl (C=O) groups excluding carboxylic acids is 2. The van der Waals surface area contributed by atoms with Crippen LogP contribution in [0, 0.1) is 0 Å². The highest BCUT2D eigenvalue weighted by atomic mass is 16.4. The van der Waals surface area contributed by atoms with Gasteiger partial charge in [0, 0.05) is 12.8 Å². The van der Waals surface area contributed by atoms with Gasteiger partial charge in [0.05, 0.1) is 11.1 Å². The summed E-state index contributed by atoms with van der Waals surface area (Å²) in [6.45, 7) is 0. The molecule has 0 atom stereocenters. The number of hydrogen-bond donors (Lipinski definition) is 6. The molecular weight excluding hydrogens is 468 g/mol. The summed E-state index contributed by atoms with van der Waals surface area (Å²) in [5, 5.41) is 35.8. The second-order valence-corrected chi connectivity index (χ2v) is 8.06. The Morgan fingerprint density at radius 3 is 1.14 bits per heavy atom. The predicted molar refractivity (Wildman–Crippen MR) is 133 cm³/mol. The van der Waals surface area contributed by atoms with E-state index >= 15 is 0 Å². The van der Waals surface area contributed by atoms with E-state index in [4.69, 9.17) is 10.2 Å². The molecule has 0 bridgehead atoms. The second kappa shape index (κ2) is 17.4. The molecule has 0 fully saturated rings. The zero-order chi connectivity index (χ0) is 26.8. The van der Waals surface area contributed by atoms with E-state index in [-0.39, 0.29) is 35.5 Å². The average Bonchev–Trinajstić information content (AvgIpc) is 2.84. The number of phenols is 2. The molecule has 6 N–H and O–H groups in total. The third-order valence-electron chi connectivity index (χ3n) is 5.12. The van der Waals surface area contributed by atoms with Gasteiger partial charge in [-0.2, -0.15) is 0 Å². The second-order valence-electron chi connectivity index (χ2n) is 8.06. The average molecular weight is 503 g/mol. The summed E-state index contributed by atoms with van der Waals surface area (Å²) in [6, 6.07) is 11.9. The van der Waals surface area contributed by atoms with Gasteiger partial charge >= 0.3 is 11.9 Å². The lowest BCUT2D eigenvalue weighted by Gasteiger charge is -2.09. The first-order valence-corrected chi connectivity index (χ1v) is 11.8. The maximum absolute atomic E-state index is 11.7. The number of carboxylic acids is 2. The van der Waals surface area contributed by atoms with Crippen LogP contribution < -0.4 is 10.9 Å². The van der Waals surface area contributed by atoms with Crippen molar-refractivity contribution in [2.45, 2.75) is 64.2 Å². The van der Waals surface area contributed by atoms with Crippen LogP contribution in [0.25, 0.3) is 0 Å². The third kappa shape index (κ3) is 13.0. The fourth-order valence-corrected chi connectivity index (χ4v) is 3.19. The van der Waals surface area contributed by atoms with Crippen molar-refractivity contribution >= 4 is 23.8 Å². The first kappa shape index (κ1) is 30.0. The van der Waals surface area contributed by atoms with Crippen LogP contribution in [0.5, 0.6) is 11.5 Å². The molecule has 0 saturated carbocycles. The number of amides is 2. The van der Waals surface area contributed by atoms with E-state index < -0.39 is 23.8 Å². The lowest BCUT2D eigenvalue weighted by atomic mass is 10.1. The number of phenolic OH excluding ortho intramolecular Hbond substituents is 2. The van der Waals surface area contributed by atoms with Gasteiger partial charge in [0.15, 0.2) is 0 Å². The van der Waals surface area contributed by atoms with Gasteiger partial charge in [-0.05, 0) is 37.1 Å². The molecule has 0 heterocycles. The monoisotopic (exact) mass is 502 g/mol. The summed E-state index contributed by atoms with van der Waals surface area (Å²) in [7, 11) is 0. The summed E-state index contributed by atoms with van der Waals surface area (Å²) >= 11 is 0. The van der Waals surface area contributed by atoms with Crippen LogP contribution >= 0.6 is 0 Å². The van der Waals surface area contributed by atoms with Gasteiger partial charge in [0.2, 0.25) is 0 Å². The highest BCUT2D eigenvalue weighted by molar-refractivity contribution is 6.01. The number of unbranched alkanes of at least 4 members (excludes halogenated alkanes) is 7. The van der Waals surface area contributed by atoms with Gasteiger partial charge in [0.1, 0.15) is 11.5 Å². The zero-order valence-corrected chi connectivity index (χ0v) is 20.1. The largest absolute Gasteiger partial charge is 0.507 e. The van der Waals surface area contributed by atoms with Crippen molar-refractivity contribution in [1.82, 2.24) is 10.9 Å². The highest BCUT2D eigenvalue weighted by Crippen LogP contribution is 2.16. The fraction of sp³-hybridized carbons (Fsp3) is 0.385. The normalized spacial score (nSPS) is 10.0. The molecule has 2 rings (SSSR count). The Morgan fingerprint density at radius 1 is 0.528 bits per heavy atom. The van der Waals surface area contributed by atoms with Crippen molar-refractivity contribution < 1.29 is 39.6 Å². The smallest absolute Gasteiger partial charge is 0.303 e. The first-order chi connectivity index (χ1) is 17.2. The molecule has 196 valence electrons. The summed E-state index contributed by atoms with van der Waals surface area (Å²) in [4.78, 5) is 43.9. The van der Waals surface area contributed by atoms with Gasteiger partial charge in [0.25, 0.3) is 11.8 Å². The molecule has 0 unspecified atom stereocenters. The number of carbonyl (C=O) groups is 4. The lowest BCUT2D eigenvalue weighted by molar-refractivity contribution is -0.138. The van der Waals surface area contributed by atoms with E-state index in [1.165, 1.54) is 24.3 Å². The quantitative estimate of drug-likeness (QED) is 0.174. The van der Waals surface area contributed by atoms with E-state index in [0.717, 1.165) is 51.4 Å². The molecule has 2 aromatic rings. The van der Waals surface area contributed by atoms with Crippen LogP contribution in [0.3, 0.4) is 0 Å². The van der Waals surface area contributed by atoms with Crippen LogP contribution in [0.4, 0.5) is 0 Å². The van der Waals surface area contributed by atoms with Crippen molar-refractivity contribution in [3.63, 3.8) is 0 Å². The SMILES string of the molecule is O=C(NNC(=O)c1ccccc1O)c1ccccc1O.O=C(O)CCCCCCCCCCC(=O)O. The molecule has 0 radical (unpaired) electrons. The van der Waals surface area contributed by atoms with Crippen LogP contribution in [-0.4, -0.2) is 44.2 Å². The van der Waals surface area contributed by atoms with Gasteiger partial charge in [-0.15, -0.1) is 0 Å². The van der Waals surface area contributed by atoms with Crippen LogP contribution in [0.15, 0.2) is 48.5 Å². The number of aromatic hydroxyl groups is 2. The topological polar surface area (TPSA) is 173 Å². The number of aliphatic carboxylic acids is 2. The van der Waals surface area contributed by atoms with Gasteiger partial charge in [-0.1, -0.05) is 62.8 Å². The fourth-order valence-electron chi connectivity index (χ4n) is 3.19. The Morgan fingerprint density at radius 2 is 0.833 bits per heavy atom. The number of benzene rings is 2. The van der Waals surface area contributed by atoms with Gasteiger partial charge in [-0.3, -0.25) is 30.0 Å². The Bertz CT molecular complexity index is 914. The number of hydrazine groups is 1. The van der Waals surface area contributed by atoms with E-state index in [9.17, 15) is 29.4 Å². The summed E-state index contributed by atoms with van der Waals surface area (Å²) < 4.78 is 0. The maximum atomic E-state index is 11.7. The molecule has 36 heavy (non-hydrogen) atoms. The Kier molecular flexibility index (Phi) is 14.5. The van der Waals surface area contributed by atoms with E-state index in [1.807, 2.05) is 0 Å². The minimum atomic E-state index is -0.714. The molecule has 10 nitrogen and oxygen atoms in total. The van der Waals surface area contributed by atoms with E-state index in [1.54, 1.807) is 24.3 Å². The number of hydrogen-bond acceptors (Lipinski definition) is 6.